The number of rotatable bonds is 7. The van der Waals surface area contributed by atoms with Gasteiger partial charge in [0.2, 0.25) is 0 Å². The van der Waals surface area contributed by atoms with Crippen molar-refractivity contribution in [1.82, 2.24) is 14.5 Å². The highest BCUT2D eigenvalue weighted by atomic mass is 35.5. The third-order valence-corrected chi connectivity index (χ3v) is 9.32. The van der Waals surface area contributed by atoms with Gasteiger partial charge in [-0.15, -0.1) is 0 Å². The van der Waals surface area contributed by atoms with Gasteiger partial charge in [-0.3, -0.25) is 4.90 Å². The molecule has 4 heterocycles. The molecule has 7 nitrogen and oxygen atoms in total. The molecular formula is C33H30Cl2FN3O4. The number of nitrogens with zero attached hydrogens (tertiary/aromatic N) is 3. The molecule has 4 aromatic rings. The SMILES string of the molecule is O=C(O)c1ccc2nc(CN3CCC(c4cccc5c4OC(c4ccc(Cl)cc4Cl)C=C5F)CC3)n(CC3CCO3)c2c1. The molecule has 7 rings (SSSR count). The van der Waals surface area contributed by atoms with Crippen LogP contribution in [0.15, 0.2) is 60.7 Å². The number of carbonyl (C=O) groups is 1. The molecule has 0 amide bonds. The number of benzene rings is 3. The topological polar surface area (TPSA) is 76.8 Å². The van der Waals surface area contributed by atoms with Gasteiger partial charge < -0.3 is 19.1 Å². The molecular weight excluding hydrogens is 592 g/mol. The number of carboxylic acid groups (broad SMARTS) is 1. The molecule has 10 heteroatoms. The van der Waals surface area contributed by atoms with E-state index < -0.39 is 12.1 Å². The van der Waals surface area contributed by atoms with E-state index in [1.54, 1.807) is 42.5 Å². The summed E-state index contributed by atoms with van der Waals surface area (Å²) in [6.07, 6.45) is 3.67. The molecule has 0 spiro atoms. The maximum absolute atomic E-state index is 15.3. The molecule has 2 saturated heterocycles. The van der Waals surface area contributed by atoms with E-state index in [1.807, 2.05) is 12.1 Å². The van der Waals surface area contributed by atoms with Gasteiger partial charge in [0, 0.05) is 22.2 Å². The fraction of sp³-hybridized carbons (Fsp3) is 0.333. The highest BCUT2D eigenvalue weighted by molar-refractivity contribution is 6.35. The Morgan fingerprint density at radius 1 is 1.05 bits per heavy atom. The lowest BCUT2D eigenvalue weighted by atomic mass is 9.86. The molecule has 2 fully saturated rings. The number of hydrogen-bond donors (Lipinski definition) is 1. The van der Waals surface area contributed by atoms with E-state index in [9.17, 15) is 9.90 Å². The van der Waals surface area contributed by atoms with E-state index in [0.717, 1.165) is 61.4 Å². The maximum atomic E-state index is 15.3. The van der Waals surface area contributed by atoms with E-state index in [2.05, 4.69) is 9.47 Å². The molecule has 222 valence electrons. The summed E-state index contributed by atoms with van der Waals surface area (Å²) in [5, 5.41) is 10.5. The zero-order valence-electron chi connectivity index (χ0n) is 23.3. The van der Waals surface area contributed by atoms with Crippen molar-refractivity contribution in [3.05, 3.63) is 98.8 Å². The smallest absolute Gasteiger partial charge is 0.335 e. The minimum Gasteiger partial charge on any atom is -0.480 e. The summed E-state index contributed by atoms with van der Waals surface area (Å²) in [7, 11) is 0. The Morgan fingerprint density at radius 2 is 1.86 bits per heavy atom. The van der Waals surface area contributed by atoms with E-state index in [1.165, 1.54) is 6.08 Å². The van der Waals surface area contributed by atoms with E-state index in [0.29, 0.717) is 40.0 Å². The van der Waals surface area contributed by atoms with Crippen LogP contribution in [0.2, 0.25) is 10.0 Å². The first-order valence-electron chi connectivity index (χ1n) is 14.5. The summed E-state index contributed by atoms with van der Waals surface area (Å²) in [6.45, 7) is 3.72. The summed E-state index contributed by atoms with van der Waals surface area (Å²) in [5.41, 5.74) is 3.99. The number of halogens is 3. The Morgan fingerprint density at radius 3 is 2.58 bits per heavy atom. The third-order valence-electron chi connectivity index (χ3n) is 8.76. The van der Waals surface area contributed by atoms with Gasteiger partial charge in [-0.25, -0.2) is 14.2 Å². The second-order valence-electron chi connectivity index (χ2n) is 11.4. The Bertz CT molecular complexity index is 1740. The number of likely N-dealkylation sites (tertiary alicyclic amines) is 1. The van der Waals surface area contributed by atoms with E-state index in [4.69, 9.17) is 37.7 Å². The molecule has 3 aliphatic heterocycles. The minimum absolute atomic E-state index is 0.112. The van der Waals surface area contributed by atoms with E-state index >= 15 is 4.39 Å². The van der Waals surface area contributed by atoms with Gasteiger partial charge >= 0.3 is 5.97 Å². The standard InChI is InChI=1S/C33H30Cl2FN3O4/c34-21-5-6-24(26(35)15-21)30-16-27(36)25-3-1-2-23(32(25)43-30)19-8-11-38(12-9-19)18-31-37-28-7-4-20(33(40)41)14-29(28)39(31)17-22-10-13-42-22/h1-7,14-16,19,22,30H,8-13,17-18H2,(H,40,41). The van der Waals surface area contributed by atoms with Gasteiger partial charge in [-0.05, 0) is 86.3 Å². The van der Waals surface area contributed by atoms with Crippen LogP contribution in [0.25, 0.3) is 16.9 Å². The number of aromatic carboxylic acids is 1. The van der Waals surface area contributed by atoms with Crippen LogP contribution < -0.4 is 4.74 Å². The first-order valence-corrected chi connectivity index (χ1v) is 15.3. The van der Waals surface area contributed by atoms with Crippen molar-refractivity contribution in [1.29, 1.82) is 0 Å². The first kappa shape index (κ1) is 28.3. The number of piperidine rings is 1. The van der Waals surface area contributed by atoms with Gasteiger partial charge in [0.25, 0.3) is 0 Å². The first-order chi connectivity index (χ1) is 20.8. The number of hydrogen-bond acceptors (Lipinski definition) is 5. The second kappa shape index (κ2) is 11.6. The fourth-order valence-electron chi connectivity index (χ4n) is 6.33. The summed E-state index contributed by atoms with van der Waals surface area (Å²) >= 11 is 12.5. The Hall–Kier alpha value is -3.43. The molecule has 2 atom stereocenters. The van der Waals surface area contributed by atoms with Crippen molar-refractivity contribution >= 4 is 46.0 Å². The van der Waals surface area contributed by atoms with Crippen LogP contribution in [0.3, 0.4) is 0 Å². The number of para-hydroxylation sites is 1. The monoisotopic (exact) mass is 621 g/mol. The van der Waals surface area contributed by atoms with Gasteiger partial charge in [0.05, 0.1) is 41.4 Å². The fourth-order valence-corrected chi connectivity index (χ4v) is 6.85. The van der Waals surface area contributed by atoms with E-state index in [-0.39, 0.29) is 23.4 Å². The normalized spacial score (nSPS) is 20.8. The highest BCUT2D eigenvalue weighted by Crippen LogP contribution is 2.45. The van der Waals surface area contributed by atoms with Gasteiger partial charge in [0.15, 0.2) is 0 Å². The maximum Gasteiger partial charge on any atom is 0.335 e. The molecule has 2 unspecified atom stereocenters. The molecule has 3 aromatic carbocycles. The Balaban J connectivity index is 1.10. The molecule has 0 radical (unpaired) electrons. The van der Waals surface area contributed by atoms with Crippen LogP contribution in [-0.2, 0) is 17.8 Å². The van der Waals surface area contributed by atoms with Crippen LogP contribution in [0.4, 0.5) is 4.39 Å². The molecule has 43 heavy (non-hydrogen) atoms. The van der Waals surface area contributed by atoms with Crippen molar-refractivity contribution in [2.24, 2.45) is 0 Å². The molecule has 0 saturated carbocycles. The Kier molecular flexibility index (Phi) is 7.63. The molecule has 3 aliphatic rings. The van der Waals surface area contributed by atoms with Crippen molar-refractivity contribution in [3.8, 4) is 5.75 Å². The summed E-state index contributed by atoms with van der Waals surface area (Å²) in [4.78, 5) is 18.9. The lowest BCUT2D eigenvalue weighted by molar-refractivity contribution is -0.0592. The third kappa shape index (κ3) is 5.53. The van der Waals surface area contributed by atoms with Crippen LogP contribution in [-0.4, -0.2) is 51.3 Å². The lowest BCUT2D eigenvalue weighted by Gasteiger charge is -2.34. The van der Waals surface area contributed by atoms with Crippen LogP contribution in [0.1, 0.15) is 64.2 Å². The van der Waals surface area contributed by atoms with Gasteiger partial charge in [-0.1, -0.05) is 41.4 Å². The average Bonchev–Trinajstić information content (AvgIpc) is 3.31. The predicted molar refractivity (Wildman–Crippen MR) is 164 cm³/mol. The second-order valence-corrected chi connectivity index (χ2v) is 12.3. The largest absolute Gasteiger partial charge is 0.480 e. The zero-order chi connectivity index (χ0) is 29.7. The van der Waals surface area contributed by atoms with Crippen molar-refractivity contribution in [3.63, 3.8) is 0 Å². The number of aromatic nitrogens is 2. The lowest BCUT2D eigenvalue weighted by Crippen LogP contribution is -2.35. The highest BCUT2D eigenvalue weighted by Gasteiger charge is 2.31. The number of imidazole rings is 1. The molecule has 1 N–H and O–H groups in total. The predicted octanol–water partition coefficient (Wildman–Crippen LogP) is 7.65. The van der Waals surface area contributed by atoms with Crippen LogP contribution in [0.5, 0.6) is 5.75 Å². The van der Waals surface area contributed by atoms with Gasteiger partial charge in [0.1, 0.15) is 23.5 Å². The molecule has 1 aromatic heterocycles. The number of fused-ring (bicyclic) bond motifs is 2. The van der Waals surface area contributed by atoms with Crippen molar-refractivity contribution in [2.75, 3.05) is 19.7 Å². The van der Waals surface area contributed by atoms with Crippen LogP contribution in [0, 0.1) is 0 Å². The summed E-state index contributed by atoms with van der Waals surface area (Å²) in [6, 6.07) is 15.9. The molecule has 0 bridgehead atoms. The number of carboxylic acids is 1. The summed E-state index contributed by atoms with van der Waals surface area (Å²) < 4.78 is 29.6. The summed E-state index contributed by atoms with van der Waals surface area (Å²) in [5.74, 6) is 0.411. The average molecular weight is 623 g/mol. The molecule has 0 aliphatic carbocycles. The Labute approximate surface area is 258 Å². The number of ether oxygens (including phenoxy) is 2. The quantitative estimate of drug-likeness (QED) is 0.228. The minimum atomic E-state index is -0.955. The zero-order valence-corrected chi connectivity index (χ0v) is 24.8. The van der Waals surface area contributed by atoms with Crippen molar-refractivity contribution in [2.45, 2.75) is 50.5 Å². The van der Waals surface area contributed by atoms with Gasteiger partial charge in [-0.2, -0.15) is 0 Å². The van der Waals surface area contributed by atoms with Crippen molar-refractivity contribution < 1.29 is 23.8 Å². The van der Waals surface area contributed by atoms with Crippen LogP contribution >= 0.6 is 23.2 Å².